The molecule has 8 heteroatoms. The van der Waals surface area contributed by atoms with Crippen LogP contribution in [-0.4, -0.2) is 120 Å². The molecule has 2 N–H and O–H groups in total. The fraction of sp³-hybridized carbons (Fsp3) is 0.889. The highest BCUT2D eigenvalue weighted by molar-refractivity contribution is 5.69. The average molecular weight is 373 g/mol. The number of rotatable bonds is 4. The van der Waals surface area contributed by atoms with Crippen LogP contribution in [0.2, 0.25) is 0 Å². The molecule has 0 bridgehead atoms. The largest absolute Gasteiger partial charge is 0.480 e. The van der Waals surface area contributed by atoms with Crippen molar-refractivity contribution in [3.63, 3.8) is 0 Å². The third-order valence-electron chi connectivity index (χ3n) is 5.32. The molecular formula is C18H36N4O4. The van der Waals surface area contributed by atoms with Crippen molar-refractivity contribution in [1.29, 1.82) is 0 Å². The fourth-order valence-electron chi connectivity index (χ4n) is 3.26. The van der Waals surface area contributed by atoms with E-state index in [0.29, 0.717) is 0 Å². The zero-order valence-electron chi connectivity index (χ0n) is 16.7. The average Bonchev–Trinajstić information content (AvgIpc) is 2.56. The Bertz CT molecular complexity index is 409. The Hall–Kier alpha value is -1.22. The van der Waals surface area contributed by atoms with Crippen molar-refractivity contribution in [3.05, 3.63) is 0 Å². The molecule has 26 heavy (non-hydrogen) atoms. The minimum Gasteiger partial charge on any atom is -0.480 e. The molecule has 2 atom stereocenters. The second-order valence-corrected chi connectivity index (χ2v) is 7.61. The van der Waals surface area contributed by atoms with Gasteiger partial charge in [0.15, 0.2) is 0 Å². The third-order valence-corrected chi connectivity index (χ3v) is 5.32. The van der Waals surface area contributed by atoms with E-state index in [1.807, 2.05) is 23.9 Å². The van der Waals surface area contributed by atoms with Crippen LogP contribution < -0.4 is 0 Å². The van der Waals surface area contributed by atoms with Crippen LogP contribution in [0.1, 0.15) is 26.7 Å². The maximum atomic E-state index is 11.2. The van der Waals surface area contributed by atoms with Gasteiger partial charge in [-0.3, -0.25) is 19.4 Å². The van der Waals surface area contributed by atoms with Crippen LogP contribution >= 0.6 is 0 Å². The van der Waals surface area contributed by atoms with Gasteiger partial charge in [0.05, 0.1) is 13.1 Å². The van der Waals surface area contributed by atoms with Crippen molar-refractivity contribution in [3.8, 4) is 0 Å². The summed E-state index contributed by atoms with van der Waals surface area (Å²) in [5.74, 6) is -1.57. The summed E-state index contributed by atoms with van der Waals surface area (Å²) in [5, 5.41) is 18.4. The Kier molecular flexibility index (Phi) is 10.1. The first-order chi connectivity index (χ1) is 12.2. The second kappa shape index (κ2) is 11.5. The predicted molar refractivity (Wildman–Crippen MR) is 102 cm³/mol. The Morgan fingerprint density at radius 1 is 0.731 bits per heavy atom. The summed E-state index contributed by atoms with van der Waals surface area (Å²) in [7, 11) is 4.08. The number of hydrogen-bond donors (Lipinski definition) is 2. The molecule has 1 saturated heterocycles. The molecule has 0 radical (unpaired) electrons. The molecule has 0 spiro atoms. The lowest BCUT2D eigenvalue weighted by Crippen LogP contribution is -2.46. The number of nitrogens with zero attached hydrogens (tertiary/aromatic N) is 4. The van der Waals surface area contributed by atoms with E-state index >= 15 is 0 Å². The third kappa shape index (κ3) is 8.93. The molecule has 1 aliphatic heterocycles. The summed E-state index contributed by atoms with van der Waals surface area (Å²) in [5.41, 5.74) is 0. The second-order valence-electron chi connectivity index (χ2n) is 7.61. The molecule has 0 amide bonds. The molecule has 0 unspecified atom stereocenters. The highest BCUT2D eigenvalue weighted by Gasteiger charge is 2.21. The number of carboxylic acids is 2. The highest BCUT2D eigenvalue weighted by atomic mass is 16.4. The van der Waals surface area contributed by atoms with E-state index in [-0.39, 0.29) is 25.2 Å². The molecular weight excluding hydrogens is 336 g/mol. The number of likely N-dealkylation sites (N-methyl/N-ethyl adjacent to an activating group) is 2. The maximum absolute atomic E-state index is 11.2. The lowest BCUT2D eigenvalue weighted by Gasteiger charge is -2.34. The number of aliphatic carboxylic acids is 2. The minimum absolute atomic E-state index is 0.0709. The SMILES string of the molecule is C[C@@H]1CCN(C)CCN(CC(=O)O)[C@@H](C)CCN(C)CCN1CC(=O)O. The molecule has 1 fully saturated rings. The summed E-state index contributed by atoms with van der Waals surface area (Å²) < 4.78 is 0. The van der Waals surface area contributed by atoms with E-state index in [4.69, 9.17) is 0 Å². The topological polar surface area (TPSA) is 87.6 Å². The van der Waals surface area contributed by atoms with E-state index in [2.05, 4.69) is 23.6 Å². The lowest BCUT2D eigenvalue weighted by molar-refractivity contribution is -0.140. The minimum atomic E-state index is -0.785. The van der Waals surface area contributed by atoms with Gasteiger partial charge in [0.25, 0.3) is 0 Å². The van der Waals surface area contributed by atoms with Crippen molar-refractivity contribution in [2.75, 3.05) is 66.5 Å². The van der Waals surface area contributed by atoms with Crippen LogP contribution in [0.25, 0.3) is 0 Å². The van der Waals surface area contributed by atoms with E-state index < -0.39 is 11.9 Å². The Labute approximate surface area is 157 Å². The van der Waals surface area contributed by atoms with Gasteiger partial charge in [-0.2, -0.15) is 0 Å². The summed E-state index contributed by atoms with van der Waals surface area (Å²) in [6, 6.07) is 0.387. The molecule has 1 aliphatic rings. The maximum Gasteiger partial charge on any atom is 0.317 e. The molecule has 0 aromatic carbocycles. The number of hydrogen-bond acceptors (Lipinski definition) is 6. The van der Waals surface area contributed by atoms with Crippen molar-refractivity contribution < 1.29 is 19.8 Å². The van der Waals surface area contributed by atoms with E-state index in [0.717, 1.165) is 52.1 Å². The van der Waals surface area contributed by atoms with Gasteiger partial charge in [-0.05, 0) is 53.9 Å². The summed E-state index contributed by atoms with van der Waals surface area (Å²) in [4.78, 5) is 30.9. The Morgan fingerprint density at radius 2 is 1.08 bits per heavy atom. The summed E-state index contributed by atoms with van der Waals surface area (Å²) in [6.45, 7) is 9.09. The van der Waals surface area contributed by atoms with Crippen LogP contribution in [0.3, 0.4) is 0 Å². The monoisotopic (exact) mass is 372 g/mol. The van der Waals surface area contributed by atoms with Crippen LogP contribution in [0, 0.1) is 0 Å². The van der Waals surface area contributed by atoms with Crippen molar-refractivity contribution in [2.24, 2.45) is 0 Å². The normalized spacial score (nSPS) is 27.1. The summed E-state index contributed by atoms with van der Waals surface area (Å²) in [6.07, 6.45) is 1.78. The molecule has 152 valence electrons. The Balaban J connectivity index is 2.78. The lowest BCUT2D eigenvalue weighted by atomic mass is 10.1. The molecule has 8 nitrogen and oxygen atoms in total. The van der Waals surface area contributed by atoms with Crippen LogP contribution in [0.5, 0.6) is 0 Å². The highest BCUT2D eigenvalue weighted by Crippen LogP contribution is 2.09. The van der Waals surface area contributed by atoms with Crippen molar-refractivity contribution >= 4 is 11.9 Å². The van der Waals surface area contributed by atoms with Gasteiger partial charge < -0.3 is 20.0 Å². The predicted octanol–water partition coefficient (Wildman–Crippen LogP) is 0.194. The van der Waals surface area contributed by atoms with Gasteiger partial charge in [0.2, 0.25) is 0 Å². The van der Waals surface area contributed by atoms with Crippen molar-refractivity contribution in [1.82, 2.24) is 19.6 Å². The molecule has 0 saturated carbocycles. The summed E-state index contributed by atoms with van der Waals surface area (Å²) >= 11 is 0. The van der Waals surface area contributed by atoms with E-state index in [1.165, 1.54) is 0 Å². The zero-order chi connectivity index (χ0) is 19.7. The van der Waals surface area contributed by atoms with Gasteiger partial charge in [0.1, 0.15) is 0 Å². The van der Waals surface area contributed by atoms with E-state index in [9.17, 15) is 19.8 Å². The van der Waals surface area contributed by atoms with E-state index in [1.54, 1.807) is 0 Å². The zero-order valence-corrected chi connectivity index (χ0v) is 16.7. The quantitative estimate of drug-likeness (QED) is 0.723. The number of carboxylic acid groups (broad SMARTS) is 2. The number of carbonyl (C=O) groups is 2. The first-order valence-electron chi connectivity index (χ1n) is 9.47. The van der Waals surface area contributed by atoms with Crippen LogP contribution in [-0.2, 0) is 9.59 Å². The van der Waals surface area contributed by atoms with Gasteiger partial charge in [-0.25, -0.2) is 0 Å². The van der Waals surface area contributed by atoms with Gasteiger partial charge in [0, 0.05) is 38.3 Å². The molecule has 0 aliphatic carbocycles. The standard InChI is InChI=1S/C18H36N4O4/c1-15-5-7-19(3)10-12-22(14-18(25)26)16(2)6-8-20(4)9-11-21(15)13-17(23)24/h15-16H,5-14H2,1-4H3,(H,23,24)(H,25,26)/t15-,16+. The Morgan fingerprint density at radius 3 is 1.38 bits per heavy atom. The smallest absolute Gasteiger partial charge is 0.317 e. The van der Waals surface area contributed by atoms with Crippen molar-refractivity contribution in [2.45, 2.75) is 38.8 Å². The molecule has 0 aromatic rings. The molecule has 1 heterocycles. The van der Waals surface area contributed by atoms with Gasteiger partial charge in [-0.1, -0.05) is 0 Å². The molecule has 1 rings (SSSR count). The van der Waals surface area contributed by atoms with Crippen LogP contribution in [0.15, 0.2) is 0 Å². The first-order valence-corrected chi connectivity index (χ1v) is 9.47. The van der Waals surface area contributed by atoms with Crippen LogP contribution in [0.4, 0.5) is 0 Å². The first kappa shape index (κ1) is 22.8. The fourth-order valence-corrected chi connectivity index (χ4v) is 3.26. The van der Waals surface area contributed by atoms with Gasteiger partial charge in [-0.15, -0.1) is 0 Å². The molecule has 0 aromatic heterocycles. The van der Waals surface area contributed by atoms with Gasteiger partial charge >= 0.3 is 11.9 Å².